The molecule has 2 rings (SSSR count). The SMILES string of the molecule is COc1ccc(CNCc2cnn(C)c2)cc1Br. The van der Waals surface area contributed by atoms with Crippen molar-refractivity contribution in [1.29, 1.82) is 0 Å². The predicted octanol–water partition coefficient (Wildman–Crippen LogP) is 2.48. The molecule has 0 fully saturated rings. The number of rotatable bonds is 5. The normalized spacial score (nSPS) is 10.6. The molecule has 0 amide bonds. The zero-order valence-electron chi connectivity index (χ0n) is 10.5. The molecule has 4 nitrogen and oxygen atoms in total. The van der Waals surface area contributed by atoms with Crippen LogP contribution in [0.1, 0.15) is 11.1 Å². The molecule has 0 radical (unpaired) electrons. The highest BCUT2D eigenvalue weighted by molar-refractivity contribution is 9.10. The van der Waals surface area contributed by atoms with Gasteiger partial charge in [0.25, 0.3) is 0 Å². The number of nitrogens with zero attached hydrogens (tertiary/aromatic N) is 2. The number of hydrogen-bond donors (Lipinski definition) is 1. The molecule has 0 spiro atoms. The molecule has 5 heteroatoms. The third-order valence-corrected chi connectivity index (χ3v) is 3.25. The van der Waals surface area contributed by atoms with E-state index in [4.69, 9.17) is 4.74 Å². The van der Waals surface area contributed by atoms with Gasteiger partial charge in [-0.15, -0.1) is 0 Å². The zero-order valence-corrected chi connectivity index (χ0v) is 12.1. The lowest BCUT2D eigenvalue weighted by Gasteiger charge is -2.07. The van der Waals surface area contributed by atoms with Crippen molar-refractivity contribution in [3.8, 4) is 5.75 Å². The Bertz CT molecular complexity index is 525. The van der Waals surface area contributed by atoms with Crippen LogP contribution < -0.4 is 10.1 Å². The summed E-state index contributed by atoms with van der Waals surface area (Å²) in [5, 5.41) is 7.51. The smallest absolute Gasteiger partial charge is 0.133 e. The molecule has 2 aromatic rings. The van der Waals surface area contributed by atoms with Gasteiger partial charge in [-0.2, -0.15) is 5.10 Å². The van der Waals surface area contributed by atoms with E-state index < -0.39 is 0 Å². The van der Waals surface area contributed by atoms with Crippen molar-refractivity contribution >= 4 is 15.9 Å². The molecule has 0 aliphatic rings. The van der Waals surface area contributed by atoms with Gasteiger partial charge in [-0.1, -0.05) is 6.07 Å². The molecule has 0 aliphatic heterocycles. The van der Waals surface area contributed by atoms with E-state index >= 15 is 0 Å². The first-order valence-electron chi connectivity index (χ1n) is 5.69. The third-order valence-electron chi connectivity index (χ3n) is 2.63. The first-order valence-corrected chi connectivity index (χ1v) is 6.49. The highest BCUT2D eigenvalue weighted by Gasteiger charge is 2.01. The molecule has 18 heavy (non-hydrogen) atoms. The van der Waals surface area contributed by atoms with Crippen LogP contribution in [0.2, 0.25) is 0 Å². The second-order valence-corrected chi connectivity index (χ2v) is 4.95. The number of aromatic nitrogens is 2. The van der Waals surface area contributed by atoms with Crippen molar-refractivity contribution in [3.63, 3.8) is 0 Å². The molecule has 0 unspecified atom stereocenters. The second kappa shape index (κ2) is 6.02. The Balaban J connectivity index is 1.88. The van der Waals surface area contributed by atoms with Gasteiger partial charge in [0.1, 0.15) is 5.75 Å². The molecule has 96 valence electrons. The Labute approximate surface area is 115 Å². The van der Waals surface area contributed by atoms with E-state index in [1.807, 2.05) is 25.5 Å². The topological polar surface area (TPSA) is 39.1 Å². The minimum atomic E-state index is 0.817. The van der Waals surface area contributed by atoms with Gasteiger partial charge in [-0.3, -0.25) is 4.68 Å². The van der Waals surface area contributed by atoms with Gasteiger partial charge in [0.15, 0.2) is 0 Å². The van der Waals surface area contributed by atoms with Crippen LogP contribution in [0.25, 0.3) is 0 Å². The van der Waals surface area contributed by atoms with Crippen molar-refractivity contribution in [2.45, 2.75) is 13.1 Å². The lowest BCUT2D eigenvalue weighted by atomic mass is 10.2. The monoisotopic (exact) mass is 309 g/mol. The van der Waals surface area contributed by atoms with Crippen LogP contribution >= 0.6 is 15.9 Å². The van der Waals surface area contributed by atoms with Crippen LogP contribution in [-0.2, 0) is 20.1 Å². The maximum Gasteiger partial charge on any atom is 0.133 e. The Morgan fingerprint density at radius 3 is 2.72 bits per heavy atom. The van der Waals surface area contributed by atoms with E-state index in [9.17, 15) is 0 Å². The predicted molar refractivity (Wildman–Crippen MR) is 74.4 cm³/mol. The fourth-order valence-corrected chi connectivity index (χ4v) is 2.32. The summed E-state index contributed by atoms with van der Waals surface area (Å²) in [5.41, 5.74) is 2.40. The first kappa shape index (κ1) is 13.1. The van der Waals surface area contributed by atoms with Crippen LogP contribution in [0.4, 0.5) is 0 Å². The number of hydrogen-bond acceptors (Lipinski definition) is 3. The summed E-state index contributed by atoms with van der Waals surface area (Å²) in [6, 6.07) is 6.08. The number of halogens is 1. The van der Waals surface area contributed by atoms with E-state index in [0.29, 0.717) is 0 Å². The summed E-state index contributed by atoms with van der Waals surface area (Å²) in [7, 11) is 3.59. The number of methoxy groups -OCH3 is 1. The molecule has 0 atom stereocenters. The van der Waals surface area contributed by atoms with Gasteiger partial charge in [0.2, 0.25) is 0 Å². The van der Waals surface area contributed by atoms with Crippen molar-refractivity contribution in [3.05, 3.63) is 46.2 Å². The van der Waals surface area contributed by atoms with E-state index in [1.54, 1.807) is 11.8 Å². The number of aryl methyl sites for hydroxylation is 1. The summed E-state index contributed by atoms with van der Waals surface area (Å²) in [4.78, 5) is 0. The van der Waals surface area contributed by atoms with Crippen LogP contribution in [-0.4, -0.2) is 16.9 Å². The quantitative estimate of drug-likeness (QED) is 0.922. The Kier molecular flexibility index (Phi) is 4.38. The molecule has 0 saturated carbocycles. The molecule has 1 N–H and O–H groups in total. The first-order chi connectivity index (χ1) is 8.69. The van der Waals surface area contributed by atoms with Gasteiger partial charge in [0, 0.05) is 31.9 Å². The van der Waals surface area contributed by atoms with Gasteiger partial charge in [0.05, 0.1) is 17.8 Å². The van der Waals surface area contributed by atoms with Crippen molar-refractivity contribution < 1.29 is 4.74 Å². The maximum atomic E-state index is 5.20. The lowest BCUT2D eigenvalue weighted by Crippen LogP contribution is -2.12. The molecule has 1 heterocycles. The highest BCUT2D eigenvalue weighted by Crippen LogP contribution is 2.25. The van der Waals surface area contributed by atoms with Crippen LogP contribution in [0.15, 0.2) is 35.1 Å². The lowest BCUT2D eigenvalue weighted by molar-refractivity contribution is 0.412. The van der Waals surface area contributed by atoms with Crippen LogP contribution in [0, 0.1) is 0 Å². The van der Waals surface area contributed by atoms with E-state index in [-0.39, 0.29) is 0 Å². The Morgan fingerprint density at radius 1 is 1.33 bits per heavy atom. The van der Waals surface area contributed by atoms with Crippen molar-refractivity contribution in [2.75, 3.05) is 7.11 Å². The van der Waals surface area contributed by atoms with Gasteiger partial charge < -0.3 is 10.1 Å². The van der Waals surface area contributed by atoms with Crippen LogP contribution in [0.3, 0.4) is 0 Å². The van der Waals surface area contributed by atoms with Crippen molar-refractivity contribution in [2.24, 2.45) is 7.05 Å². The number of ether oxygens (including phenoxy) is 1. The molecule has 1 aromatic heterocycles. The zero-order chi connectivity index (χ0) is 13.0. The third kappa shape index (κ3) is 3.34. The standard InChI is InChI=1S/C13H16BrN3O/c1-17-9-11(8-16-17)7-15-6-10-3-4-13(18-2)12(14)5-10/h3-5,8-9,15H,6-7H2,1-2H3. The molecule has 0 bridgehead atoms. The van der Waals surface area contributed by atoms with E-state index in [0.717, 1.165) is 23.3 Å². The maximum absolute atomic E-state index is 5.20. The molecular formula is C13H16BrN3O. The molecule has 0 saturated heterocycles. The Hall–Kier alpha value is -1.33. The molecule has 1 aromatic carbocycles. The highest BCUT2D eigenvalue weighted by atomic mass is 79.9. The van der Waals surface area contributed by atoms with Crippen molar-refractivity contribution in [1.82, 2.24) is 15.1 Å². The van der Waals surface area contributed by atoms with Crippen LogP contribution in [0.5, 0.6) is 5.75 Å². The largest absolute Gasteiger partial charge is 0.496 e. The fourth-order valence-electron chi connectivity index (χ4n) is 1.73. The number of nitrogens with one attached hydrogen (secondary N) is 1. The van der Waals surface area contributed by atoms with E-state index in [2.05, 4.69) is 38.5 Å². The summed E-state index contributed by atoms with van der Waals surface area (Å²) in [6.45, 7) is 1.63. The van der Waals surface area contributed by atoms with Gasteiger partial charge in [-0.05, 0) is 33.6 Å². The van der Waals surface area contributed by atoms with E-state index in [1.165, 1.54) is 11.1 Å². The molecule has 0 aliphatic carbocycles. The minimum absolute atomic E-state index is 0.817. The number of benzene rings is 1. The average molecular weight is 310 g/mol. The summed E-state index contributed by atoms with van der Waals surface area (Å²) in [6.07, 6.45) is 3.88. The Morgan fingerprint density at radius 2 is 2.11 bits per heavy atom. The molecular weight excluding hydrogens is 294 g/mol. The fraction of sp³-hybridized carbons (Fsp3) is 0.308. The average Bonchev–Trinajstić information content (AvgIpc) is 2.75. The van der Waals surface area contributed by atoms with Gasteiger partial charge >= 0.3 is 0 Å². The summed E-state index contributed by atoms with van der Waals surface area (Å²) < 4.78 is 7.98. The summed E-state index contributed by atoms with van der Waals surface area (Å²) in [5.74, 6) is 0.853. The summed E-state index contributed by atoms with van der Waals surface area (Å²) >= 11 is 3.48. The second-order valence-electron chi connectivity index (χ2n) is 4.09. The minimum Gasteiger partial charge on any atom is -0.496 e. The van der Waals surface area contributed by atoms with Gasteiger partial charge in [-0.25, -0.2) is 0 Å².